The van der Waals surface area contributed by atoms with Crippen LogP contribution in [-0.2, 0) is 9.53 Å². The first kappa shape index (κ1) is 20.5. The van der Waals surface area contributed by atoms with E-state index >= 15 is 0 Å². The molecule has 9 heteroatoms. The first-order valence-corrected chi connectivity index (χ1v) is 9.46. The van der Waals surface area contributed by atoms with Gasteiger partial charge in [0.25, 0.3) is 0 Å². The van der Waals surface area contributed by atoms with E-state index in [0.29, 0.717) is 11.6 Å². The van der Waals surface area contributed by atoms with Crippen LogP contribution in [0.2, 0.25) is 0 Å². The normalized spacial score (nSPS) is 12.8. The van der Waals surface area contributed by atoms with Gasteiger partial charge in [-0.05, 0) is 56.1 Å². The van der Waals surface area contributed by atoms with E-state index in [9.17, 15) is 4.79 Å². The van der Waals surface area contributed by atoms with Crippen LogP contribution in [-0.4, -0.2) is 37.9 Å². The lowest BCUT2D eigenvalue weighted by atomic mass is 10.0. The van der Waals surface area contributed by atoms with E-state index in [-0.39, 0.29) is 23.2 Å². The number of carbonyl (C=O) groups is 1. The van der Waals surface area contributed by atoms with Gasteiger partial charge in [0.05, 0.1) is 0 Å². The molecule has 2 heterocycles. The third-order valence-corrected chi connectivity index (χ3v) is 4.05. The van der Waals surface area contributed by atoms with Crippen molar-refractivity contribution in [1.29, 1.82) is 0 Å². The summed E-state index contributed by atoms with van der Waals surface area (Å²) < 4.78 is 10.3. The van der Waals surface area contributed by atoms with Crippen molar-refractivity contribution >= 4 is 34.6 Å². The monoisotopic (exact) mass is 398 g/mol. The number of esters is 1. The molecule has 154 valence electrons. The molecule has 0 saturated carbocycles. The standard InChI is InChI=1S/C20H26N6O3/c1-11(2)14(19(27)28-20(4,5)6)22-16-15(21-13-9-7-12(3)8-10-13)23-17-18(24-16)26-29-25-17/h7-11,14H,1-6H3,(H,21,23,25)(H,22,24,26). The average molecular weight is 398 g/mol. The maximum Gasteiger partial charge on any atom is 0.329 e. The predicted molar refractivity (Wildman–Crippen MR) is 110 cm³/mol. The second kappa shape index (κ2) is 8.02. The van der Waals surface area contributed by atoms with Crippen LogP contribution in [0.4, 0.5) is 17.3 Å². The fourth-order valence-electron chi connectivity index (χ4n) is 2.61. The maximum absolute atomic E-state index is 12.7. The molecule has 1 atom stereocenters. The van der Waals surface area contributed by atoms with Crippen molar-refractivity contribution in [3.05, 3.63) is 29.8 Å². The van der Waals surface area contributed by atoms with Gasteiger partial charge in [0.15, 0.2) is 11.6 Å². The van der Waals surface area contributed by atoms with Gasteiger partial charge < -0.3 is 15.4 Å². The van der Waals surface area contributed by atoms with Gasteiger partial charge in [-0.15, -0.1) is 0 Å². The molecular weight excluding hydrogens is 372 g/mol. The zero-order valence-electron chi connectivity index (χ0n) is 17.5. The third-order valence-electron chi connectivity index (χ3n) is 4.05. The van der Waals surface area contributed by atoms with Crippen LogP contribution in [0.1, 0.15) is 40.2 Å². The van der Waals surface area contributed by atoms with E-state index in [1.807, 2.05) is 65.8 Å². The van der Waals surface area contributed by atoms with Crippen molar-refractivity contribution in [3.8, 4) is 0 Å². The fraction of sp³-hybridized carbons (Fsp3) is 0.450. The third kappa shape index (κ3) is 5.18. The lowest BCUT2D eigenvalue weighted by molar-refractivity contribution is -0.156. The molecule has 29 heavy (non-hydrogen) atoms. The maximum atomic E-state index is 12.7. The summed E-state index contributed by atoms with van der Waals surface area (Å²) in [5.41, 5.74) is 1.88. The molecule has 0 bridgehead atoms. The van der Waals surface area contributed by atoms with Crippen molar-refractivity contribution < 1.29 is 14.2 Å². The number of nitrogens with zero attached hydrogens (tertiary/aromatic N) is 4. The summed E-state index contributed by atoms with van der Waals surface area (Å²) in [7, 11) is 0. The molecule has 0 aliphatic rings. The molecule has 0 aliphatic carbocycles. The van der Waals surface area contributed by atoms with Crippen molar-refractivity contribution in [2.24, 2.45) is 5.92 Å². The van der Waals surface area contributed by atoms with Crippen LogP contribution in [0.25, 0.3) is 11.3 Å². The lowest BCUT2D eigenvalue weighted by Crippen LogP contribution is -2.40. The first-order chi connectivity index (χ1) is 13.6. The van der Waals surface area contributed by atoms with E-state index in [0.717, 1.165) is 11.3 Å². The highest BCUT2D eigenvalue weighted by Gasteiger charge is 2.29. The number of anilines is 3. The Kier molecular flexibility index (Phi) is 5.67. The minimum atomic E-state index is -0.626. The number of aryl methyl sites for hydroxylation is 1. The molecule has 2 N–H and O–H groups in total. The molecule has 3 rings (SSSR count). The van der Waals surface area contributed by atoms with E-state index < -0.39 is 11.6 Å². The molecular formula is C20H26N6O3. The number of aromatic nitrogens is 4. The minimum Gasteiger partial charge on any atom is -0.458 e. The Morgan fingerprint density at radius 2 is 1.62 bits per heavy atom. The number of nitrogens with one attached hydrogen (secondary N) is 2. The molecule has 0 radical (unpaired) electrons. The highest BCUT2D eigenvalue weighted by molar-refractivity contribution is 5.83. The van der Waals surface area contributed by atoms with Gasteiger partial charge in [-0.1, -0.05) is 31.5 Å². The molecule has 9 nitrogen and oxygen atoms in total. The zero-order valence-corrected chi connectivity index (χ0v) is 17.5. The minimum absolute atomic E-state index is 0.0509. The first-order valence-electron chi connectivity index (χ1n) is 9.46. The van der Waals surface area contributed by atoms with Gasteiger partial charge in [0.1, 0.15) is 11.6 Å². The van der Waals surface area contributed by atoms with Crippen LogP contribution < -0.4 is 10.6 Å². The van der Waals surface area contributed by atoms with Crippen molar-refractivity contribution in [2.75, 3.05) is 10.6 Å². The highest BCUT2D eigenvalue weighted by Crippen LogP contribution is 2.26. The second-order valence-corrected chi connectivity index (χ2v) is 8.22. The van der Waals surface area contributed by atoms with Gasteiger partial charge in [0.2, 0.25) is 11.3 Å². The molecule has 1 aromatic carbocycles. The second-order valence-electron chi connectivity index (χ2n) is 8.22. The molecule has 1 unspecified atom stereocenters. The summed E-state index contributed by atoms with van der Waals surface area (Å²) >= 11 is 0. The van der Waals surface area contributed by atoms with Crippen molar-refractivity contribution in [3.63, 3.8) is 0 Å². The Morgan fingerprint density at radius 1 is 1.03 bits per heavy atom. The van der Waals surface area contributed by atoms with Crippen molar-refractivity contribution in [2.45, 2.75) is 53.2 Å². The molecule has 3 aromatic rings. The number of rotatable bonds is 6. The Bertz CT molecular complexity index is 992. The lowest BCUT2D eigenvalue weighted by Gasteiger charge is -2.27. The Morgan fingerprint density at radius 3 is 2.17 bits per heavy atom. The smallest absolute Gasteiger partial charge is 0.329 e. The SMILES string of the molecule is Cc1ccc(Nc2nc3nonc3nc2NC(C(=O)OC(C)(C)C)C(C)C)cc1. The highest BCUT2D eigenvalue weighted by atomic mass is 16.6. The molecule has 0 saturated heterocycles. The summed E-state index contributed by atoms with van der Waals surface area (Å²) in [5.74, 6) is 0.351. The number of ether oxygens (including phenoxy) is 1. The molecule has 0 fully saturated rings. The summed E-state index contributed by atoms with van der Waals surface area (Å²) in [4.78, 5) is 21.6. The molecule has 0 aliphatic heterocycles. The largest absolute Gasteiger partial charge is 0.458 e. The van der Waals surface area contributed by atoms with Gasteiger partial charge in [-0.25, -0.2) is 19.4 Å². The van der Waals surface area contributed by atoms with Crippen LogP contribution >= 0.6 is 0 Å². The predicted octanol–water partition coefficient (Wildman–Crippen LogP) is 3.84. The summed E-state index contributed by atoms with van der Waals surface area (Å²) in [5, 5.41) is 13.9. The number of fused-ring (bicyclic) bond motifs is 1. The number of carbonyl (C=O) groups excluding carboxylic acids is 1. The average Bonchev–Trinajstić information content (AvgIpc) is 3.06. The van der Waals surface area contributed by atoms with Crippen LogP contribution in [0.15, 0.2) is 28.9 Å². The van der Waals surface area contributed by atoms with Gasteiger partial charge >= 0.3 is 5.97 Å². The van der Waals surface area contributed by atoms with Gasteiger partial charge in [-0.3, -0.25) is 0 Å². The van der Waals surface area contributed by atoms with Gasteiger partial charge in [-0.2, -0.15) is 0 Å². The van der Waals surface area contributed by atoms with Crippen LogP contribution in [0.5, 0.6) is 0 Å². The van der Waals surface area contributed by atoms with E-state index in [1.165, 1.54) is 0 Å². The number of hydrogen-bond acceptors (Lipinski definition) is 9. The number of hydrogen-bond donors (Lipinski definition) is 2. The zero-order chi connectivity index (χ0) is 21.2. The Hall–Kier alpha value is -3.23. The topological polar surface area (TPSA) is 115 Å². The summed E-state index contributed by atoms with van der Waals surface area (Å²) in [6.45, 7) is 11.4. The Labute approximate surface area is 169 Å². The fourth-order valence-corrected chi connectivity index (χ4v) is 2.61. The van der Waals surface area contributed by atoms with Gasteiger partial charge in [0, 0.05) is 5.69 Å². The van der Waals surface area contributed by atoms with Crippen molar-refractivity contribution in [1.82, 2.24) is 20.3 Å². The van der Waals surface area contributed by atoms with Crippen LogP contribution in [0, 0.1) is 12.8 Å². The van der Waals surface area contributed by atoms with E-state index in [1.54, 1.807) is 0 Å². The summed E-state index contributed by atoms with van der Waals surface area (Å²) in [6.07, 6.45) is 0. The number of benzene rings is 1. The Balaban J connectivity index is 1.95. The molecule has 2 aromatic heterocycles. The van der Waals surface area contributed by atoms with Crippen LogP contribution in [0.3, 0.4) is 0 Å². The molecule has 0 amide bonds. The van der Waals surface area contributed by atoms with E-state index in [2.05, 4.69) is 30.9 Å². The van der Waals surface area contributed by atoms with E-state index in [4.69, 9.17) is 9.37 Å². The quantitative estimate of drug-likeness (QED) is 0.597. The molecule has 0 spiro atoms. The summed E-state index contributed by atoms with van der Waals surface area (Å²) in [6, 6.07) is 7.20.